The molecule has 3 unspecified atom stereocenters. The summed E-state index contributed by atoms with van der Waals surface area (Å²) in [6.07, 6.45) is 2.80. The second-order valence-electron chi connectivity index (χ2n) is 11.2. The first-order chi connectivity index (χ1) is 18.2. The average Bonchev–Trinajstić information content (AvgIpc) is 3.52. The van der Waals surface area contributed by atoms with Crippen LogP contribution in [0.15, 0.2) is 42.6 Å². The van der Waals surface area contributed by atoms with Crippen molar-refractivity contribution < 1.29 is 19.1 Å². The van der Waals surface area contributed by atoms with Crippen molar-refractivity contribution >= 4 is 17.8 Å². The molecule has 9 nitrogen and oxygen atoms in total. The van der Waals surface area contributed by atoms with E-state index >= 15 is 0 Å². The number of amides is 2. The minimum atomic E-state index is -0.581. The van der Waals surface area contributed by atoms with E-state index in [1.54, 1.807) is 17.2 Å². The number of pyridine rings is 1. The van der Waals surface area contributed by atoms with Gasteiger partial charge in [0, 0.05) is 32.4 Å². The minimum Gasteiger partial charge on any atom is -0.444 e. The van der Waals surface area contributed by atoms with Crippen LogP contribution in [-0.4, -0.2) is 70.8 Å². The van der Waals surface area contributed by atoms with Crippen LogP contribution in [0.4, 0.5) is 10.6 Å². The van der Waals surface area contributed by atoms with Crippen molar-refractivity contribution in [2.75, 3.05) is 31.1 Å². The highest BCUT2D eigenvalue weighted by Crippen LogP contribution is 2.42. The molecule has 2 saturated heterocycles. The molecule has 3 aliphatic heterocycles. The summed E-state index contributed by atoms with van der Waals surface area (Å²) in [5.41, 5.74) is 2.17. The molecule has 0 N–H and O–H groups in total. The van der Waals surface area contributed by atoms with Crippen molar-refractivity contribution in [2.45, 2.75) is 70.4 Å². The molecule has 9 heteroatoms. The molecule has 2 amide bonds. The maximum atomic E-state index is 13.1. The van der Waals surface area contributed by atoms with E-state index in [2.05, 4.69) is 28.1 Å². The van der Waals surface area contributed by atoms with Gasteiger partial charge in [0.05, 0.1) is 36.8 Å². The second-order valence-corrected chi connectivity index (χ2v) is 11.2. The quantitative estimate of drug-likeness (QED) is 0.604. The summed E-state index contributed by atoms with van der Waals surface area (Å²) in [4.78, 5) is 36.4. The number of anilines is 1. The molecule has 3 aliphatic rings. The predicted octanol–water partition coefficient (Wildman–Crippen LogP) is 4.03. The van der Waals surface area contributed by atoms with Gasteiger partial charge in [0.1, 0.15) is 17.5 Å². The highest BCUT2D eigenvalue weighted by molar-refractivity contribution is 5.77. The first-order valence-corrected chi connectivity index (χ1v) is 13.3. The number of carbonyl (C=O) groups is 2. The molecule has 0 spiro atoms. The molecule has 0 aliphatic carbocycles. The van der Waals surface area contributed by atoms with Crippen LogP contribution in [0.25, 0.3) is 0 Å². The molecular formula is C29H35N5O4. The lowest BCUT2D eigenvalue weighted by molar-refractivity contribution is -0.134. The van der Waals surface area contributed by atoms with Crippen LogP contribution in [0, 0.1) is 11.3 Å². The van der Waals surface area contributed by atoms with Gasteiger partial charge in [0.2, 0.25) is 5.91 Å². The molecule has 0 bridgehead atoms. The Kier molecular flexibility index (Phi) is 7.26. The lowest BCUT2D eigenvalue weighted by atomic mass is 9.98. The number of fused-ring (bicyclic) bond motifs is 1. The van der Waals surface area contributed by atoms with Crippen LogP contribution in [0.2, 0.25) is 0 Å². The number of benzene rings is 1. The van der Waals surface area contributed by atoms with E-state index in [4.69, 9.17) is 14.7 Å². The van der Waals surface area contributed by atoms with Gasteiger partial charge in [-0.2, -0.15) is 5.26 Å². The smallest absolute Gasteiger partial charge is 0.411 e. The van der Waals surface area contributed by atoms with Gasteiger partial charge in [-0.1, -0.05) is 24.3 Å². The number of piperazine rings is 1. The van der Waals surface area contributed by atoms with Crippen LogP contribution in [0.1, 0.15) is 62.8 Å². The number of hydrogen-bond acceptors (Lipinski definition) is 7. The molecule has 2 aromatic rings. The van der Waals surface area contributed by atoms with Gasteiger partial charge >= 0.3 is 6.09 Å². The Labute approximate surface area is 223 Å². The Bertz CT molecular complexity index is 1210. The SMILES string of the molecule is CC(C)(C)OC(=O)N1Cc2ccccc2C1C1CCC(CC(=O)N2CCN(c3ccc(C#N)cn3)CC2)O1. The van der Waals surface area contributed by atoms with E-state index in [1.165, 1.54) is 0 Å². The van der Waals surface area contributed by atoms with Crippen molar-refractivity contribution in [3.05, 3.63) is 59.3 Å². The van der Waals surface area contributed by atoms with E-state index in [-0.39, 0.29) is 30.3 Å². The van der Waals surface area contributed by atoms with Crippen LogP contribution in [0.3, 0.4) is 0 Å². The molecule has 0 radical (unpaired) electrons. The number of aromatic nitrogens is 1. The van der Waals surface area contributed by atoms with E-state index in [0.717, 1.165) is 29.8 Å². The third-order valence-corrected chi connectivity index (χ3v) is 7.41. The monoisotopic (exact) mass is 517 g/mol. The lowest BCUT2D eigenvalue weighted by Gasteiger charge is -2.36. The second kappa shape index (κ2) is 10.6. The van der Waals surface area contributed by atoms with Crippen molar-refractivity contribution in [3.63, 3.8) is 0 Å². The molecule has 4 heterocycles. The molecule has 38 heavy (non-hydrogen) atoms. The van der Waals surface area contributed by atoms with Gasteiger partial charge in [-0.15, -0.1) is 0 Å². The van der Waals surface area contributed by atoms with Crippen LogP contribution < -0.4 is 4.90 Å². The van der Waals surface area contributed by atoms with Gasteiger partial charge < -0.3 is 19.3 Å². The van der Waals surface area contributed by atoms with Gasteiger partial charge in [-0.25, -0.2) is 9.78 Å². The fourth-order valence-corrected chi connectivity index (χ4v) is 5.58. The Morgan fingerprint density at radius 1 is 1.11 bits per heavy atom. The molecule has 1 aromatic heterocycles. The van der Waals surface area contributed by atoms with Gasteiger partial charge in [0.15, 0.2) is 0 Å². The highest BCUT2D eigenvalue weighted by Gasteiger charge is 2.44. The van der Waals surface area contributed by atoms with Crippen molar-refractivity contribution in [1.82, 2.24) is 14.8 Å². The number of nitrogens with zero attached hydrogens (tertiary/aromatic N) is 5. The van der Waals surface area contributed by atoms with E-state index < -0.39 is 5.60 Å². The number of ether oxygens (including phenoxy) is 2. The van der Waals surface area contributed by atoms with E-state index in [1.807, 2.05) is 43.9 Å². The van der Waals surface area contributed by atoms with Gasteiger partial charge in [-0.3, -0.25) is 9.69 Å². The van der Waals surface area contributed by atoms with Gasteiger partial charge in [0.25, 0.3) is 0 Å². The summed E-state index contributed by atoms with van der Waals surface area (Å²) in [5, 5.41) is 8.97. The Hall–Kier alpha value is -3.64. The number of rotatable bonds is 4. The molecular weight excluding hydrogens is 482 g/mol. The maximum absolute atomic E-state index is 13.1. The summed E-state index contributed by atoms with van der Waals surface area (Å²) in [7, 11) is 0. The fourth-order valence-electron chi connectivity index (χ4n) is 5.58. The number of hydrogen-bond donors (Lipinski definition) is 0. The van der Waals surface area contributed by atoms with Crippen molar-refractivity contribution in [2.24, 2.45) is 0 Å². The first-order valence-electron chi connectivity index (χ1n) is 13.3. The fraction of sp³-hybridized carbons (Fsp3) is 0.517. The summed E-state index contributed by atoms with van der Waals surface area (Å²) < 4.78 is 12.2. The standard InChI is InChI=1S/C29H35N5O4/c1-29(2,3)38-28(36)34-19-21-6-4-5-7-23(21)27(34)24-10-9-22(37-24)16-26(35)33-14-12-32(13-15-33)25-11-8-20(17-30)18-31-25/h4-8,11,18,22,24,27H,9-10,12-16,19H2,1-3H3. The molecule has 0 saturated carbocycles. The third-order valence-electron chi connectivity index (χ3n) is 7.41. The molecule has 200 valence electrons. The average molecular weight is 518 g/mol. The molecule has 5 rings (SSSR count). The van der Waals surface area contributed by atoms with Crippen LogP contribution in [0.5, 0.6) is 0 Å². The largest absolute Gasteiger partial charge is 0.444 e. The Morgan fingerprint density at radius 2 is 1.87 bits per heavy atom. The Balaban J connectivity index is 1.18. The predicted molar refractivity (Wildman–Crippen MR) is 141 cm³/mol. The molecule has 2 fully saturated rings. The molecule has 1 aromatic carbocycles. The topological polar surface area (TPSA) is 99.0 Å². The zero-order chi connectivity index (χ0) is 26.9. The highest BCUT2D eigenvalue weighted by atomic mass is 16.6. The lowest BCUT2D eigenvalue weighted by Crippen LogP contribution is -2.49. The third kappa shape index (κ3) is 5.60. The first kappa shape index (κ1) is 26.0. The maximum Gasteiger partial charge on any atom is 0.411 e. The molecule has 3 atom stereocenters. The summed E-state index contributed by atoms with van der Waals surface area (Å²) in [6.45, 7) is 8.76. The Morgan fingerprint density at radius 3 is 2.55 bits per heavy atom. The number of nitriles is 1. The zero-order valence-corrected chi connectivity index (χ0v) is 22.3. The van der Waals surface area contributed by atoms with Gasteiger partial charge in [-0.05, 0) is 56.9 Å². The summed E-state index contributed by atoms with van der Waals surface area (Å²) >= 11 is 0. The minimum absolute atomic E-state index is 0.0962. The van der Waals surface area contributed by atoms with E-state index in [0.29, 0.717) is 44.7 Å². The van der Waals surface area contributed by atoms with Crippen molar-refractivity contribution in [3.8, 4) is 6.07 Å². The van der Waals surface area contributed by atoms with E-state index in [9.17, 15) is 9.59 Å². The van der Waals surface area contributed by atoms with Crippen molar-refractivity contribution in [1.29, 1.82) is 5.26 Å². The summed E-state index contributed by atoms with van der Waals surface area (Å²) in [5.74, 6) is 0.920. The van der Waals surface area contributed by atoms with Crippen LogP contribution >= 0.6 is 0 Å². The summed E-state index contributed by atoms with van der Waals surface area (Å²) in [6, 6.07) is 13.6. The normalized spacial score (nSPS) is 23.2. The zero-order valence-electron chi connectivity index (χ0n) is 22.3. The van der Waals surface area contributed by atoms with Crippen LogP contribution in [-0.2, 0) is 20.8 Å². The number of carbonyl (C=O) groups excluding carboxylic acids is 2.